The number of halogens is 1. The Labute approximate surface area is 130 Å². The molecule has 0 radical (unpaired) electrons. The molecule has 0 aliphatic heterocycles. The number of hydrogen-bond acceptors (Lipinski definition) is 4. The van der Waals surface area contributed by atoms with Crippen molar-refractivity contribution in [3.63, 3.8) is 0 Å². The zero-order valence-electron chi connectivity index (χ0n) is 12.0. The summed E-state index contributed by atoms with van der Waals surface area (Å²) in [7, 11) is -0.522. The van der Waals surface area contributed by atoms with Crippen LogP contribution in [0.3, 0.4) is 0 Å². The average Bonchev–Trinajstić information content (AvgIpc) is 2.76. The predicted octanol–water partition coefficient (Wildman–Crippen LogP) is -0.0338. The summed E-state index contributed by atoms with van der Waals surface area (Å²) >= 11 is 0. The average molecular weight is 337 g/mol. The van der Waals surface area contributed by atoms with Gasteiger partial charge in [0.25, 0.3) is 5.91 Å². The number of nitrogens with zero attached hydrogens (tertiary/aromatic N) is 1. The van der Waals surface area contributed by atoms with Crippen molar-refractivity contribution >= 4 is 28.3 Å². The molecule has 120 valence electrons. The molecule has 1 aromatic rings. The summed E-state index contributed by atoms with van der Waals surface area (Å²) in [5.74, 6) is -0.330. The van der Waals surface area contributed by atoms with Crippen LogP contribution in [0.4, 0.5) is 0 Å². The van der Waals surface area contributed by atoms with Crippen LogP contribution in [0, 0.1) is 0 Å². The van der Waals surface area contributed by atoms with Gasteiger partial charge in [-0.1, -0.05) is 0 Å². The fourth-order valence-electron chi connectivity index (χ4n) is 2.16. The van der Waals surface area contributed by atoms with Crippen LogP contribution >= 0.6 is 12.4 Å². The minimum Gasteiger partial charge on any atom is -0.354 e. The van der Waals surface area contributed by atoms with Gasteiger partial charge in [0.2, 0.25) is 10.0 Å². The van der Waals surface area contributed by atoms with Crippen LogP contribution in [-0.2, 0) is 17.1 Å². The third-order valence-corrected chi connectivity index (χ3v) is 5.08. The molecule has 0 bridgehead atoms. The quantitative estimate of drug-likeness (QED) is 0.701. The lowest BCUT2D eigenvalue weighted by Gasteiger charge is -2.37. The number of carbonyl (C=O) groups is 1. The van der Waals surface area contributed by atoms with Gasteiger partial charge in [0, 0.05) is 32.4 Å². The van der Waals surface area contributed by atoms with Crippen molar-refractivity contribution in [1.82, 2.24) is 14.6 Å². The Hall–Kier alpha value is -1.09. The van der Waals surface area contributed by atoms with Crippen LogP contribution < -0.4 is 15.8 Å². The largest absolute Gasteiger partial charge is 0.354 e. The number of amides is 1. The highest BCUT2D eigenvalue weighted by Gasteiger charge is 2.34. The monoisotopic (exact) mass is 336 g/mol. The van der Waals surface area contributed by atoms with Crippen LogP contribution in [0.15, 0.2) is 17.2 Å². The summed E-state index contributed by atoms with van der Waals surface area (Å²) in [6.45, 7) is 0.222. The standard InChI is InChI=1S/C12H20N4O3S.ClH/c1-14-11(17)10-6-9(7-16(10)2)20(18,19)15-8-12(13)4-3-5-12;/h6-7,15H,3-5,8,13H2,1-2H3,(H,14,17);1H. The molecular weight excluding hydrogens is 316 g/mol. The summed E-state index contributed by atoms with van der Waals surface area (Å²) in [5.41, 5.74) is 5.86. The molecule has 0 saturated heterocycles. The maximum atomic E-state index is 12.2. The molecule has 0 unspecified atom stereocenters. The van der Waals surface area contributed by atoms with Gasteiger partial charge in [-0.3, -0.25) is 4.79 Å². The van der Waals surface area contributed by atoms with Gasteiger partial charge in [0.1, 0.15) is 10.6 Å². The summed E-state index contributed by atoms with van der Waals surface area (Å²) in [6.07, 6.45) is 4.10. The molecule has 9 heteroatoms. The number of carbonyl (C=O) groups excluding carboxylic acids is 1. The van der Waals surface area contributed by atoms with E-state index in [1.165, 1.54) is 23.9 Å². The minimum atomic E-state index is -3.64. The summed E-state index contributed by atoms with van der Waals surface area (Å²) in [5, 5.41) is 2.47. The lowest BCUT2D eigenvalue weighted by Crippen LogP contribution is -2.54. The fourth-order valence-corrected chi connectivity index (χ4v) is 3.37. The van der Waals surface area contributed by atoms with E-state index in [1.807, 2.05) is 0 Å². The molecular formula is C12H21ClN4O3S. The van der Waals surface area contributed by atoms with E-state index in [-0.39, 0.29) is 29.8 Å². The van der Waals surface area contributed by atoms with E-state index in [1.54, 1.807) is 7.05 Å². The highest BCUT2D eigenvalue weighted by atomic mass is 35.5. The van der Waals surface area contributed by atoms with E-state index in [0.29, 0.717) is 5.69 Å². The van der Waals surface area contributed by atoms with Crippen molar-refractivity contribution in [3.8, 4) is 0 Å². The fraction of sp³-hybridized carbons (Fsp3) is 0.583. The molecule has 1 aliphatic rings. The van der Waals surface area contributed by atoms with Gasteiger partial charge in [0.05, 0.1) is 0 Å². The third kappa shape index (κ3) is 3.76. The van der Waals surface area contributed by atoms with E-state index in [0.717, 1.165) is 19.3 Å². The normalized spacial score (nSPS) is 16.7. The highest BCUT2D eigenvalue weighted by Crippen LogP contribution is 2.28. The van der Waals surface area contributed by atoms with Gasteiger partial charge < -0.3 is 15.6 Å². The van der Waals surface area contributed by atoms with Crippen molar-refractivity contribution in [2.45, 2.75) is 29.7 Å². The van der Waals surface area contributed by atoms with Crippen molar-refractivity contribution in [1.29, 1.82) is 0 Å². The van der Waals surface area contributed by atoms with Gasteiger partial charge in [0.15, 0.2) is 0 Å². The maximum Gasteiger partial charge on any atom is 0.267 e. The van der Waals surface area contributed by atoms with E-state index in [2.05, 4.69) is 10.0 Å². The first-order valence-corrected chi connectivity index (χ1v) is 7.93. The van der Waals surface area contributed by atoms with Crippen LogP contribution in [0.2, 0.25) is 0 Å². The number of nitrogens with two attached hydrogens (primary N) is 1. The third-order valence-electron chi connectivity index (χ3n) is 3.71. The molecule has 21 heavy (non-hydrogen) atoms. The number of nitrogens with one attached hydrogen (secondary N) is 2. The Bertz CT molecular complexity index is 622. The number of hydrogen-bond donors (Lipinski definition) is 3. The Morgan fingerprint density at radius 3 is 2.57 bits per heavy atom. The topological polar surface area (TPSA) is 106 Å². The smallest absolute Gasteiger partial charge is 0.267 e. The molecule has 4 N–H and O–H groups in total. The number of sulfonamides is 1. The van der Waals surface area contributed by atoms with E-state index < -0.39 is 15.6 Å². The molecule has 1 saturated carbocycles. The van der Waals surface area contributed by atoms with Gasteiger partial charge in [-0.15, -0.1) is 12.4 Å². The number of rotatable bonds is 5. The molecule has 1 fully saturated rings. The van der Waals surface area contributed by atoms with Crippen molar-refractivity contribution in [3.05, 3.63) is 18.0 Å². The highest BCUT2D eigenvalue weighted by molar-refractivity contribution is 7.89. The van der Waals surface area contributed by atoms with Gasteiger partial charge in [-0.05, 0) is 25.3 Å². The van der Waals surface area contributed by atoms with Crippen molar-refractivity contribution < 1.29 is 13.2 Å². The van der Waals surface area contributed by atoms with Crippen molar-refractivity contribution in [2.24, 2.45) is 12.8 Å². The molecule has 1 aliphatic carbocycles. The zero-order chi connectivity index (χ0) is 15.0. The SMILES string of the molecule is CNC(=O)c1cc(S(=O)(=O)NCC2(N)CCC2)cn1C.Cl. The number of aromatic nitrogens is 1. The first-order chi connectivity index (χ1) is 9.27. The van der Waals surface area contributed by atoms with Crippen LogP contribution in [0.5, 0.6) is 0 Å². The first-order valence-electron chi connectivity index (χ1n) is 6.44. The second-order valence-electron chi connectivity index (χ2n) is 5.29. The molecule has 7 nitrogen and oxygen atoms in total. The minimum absolute atomic E-state index is 0. The second kappa shape index (κ2) is 6.35. The Morgan fingerprint density at radius 1 is 1.48 bits per heavy atom. The molecule has 2 rings (SSSR count). The van der Waals surface area contributed by atoms with Crippen LogP contribution in [0.1, 0.15) is 29.8 Å². The molecule has 1 aromatic heterocycles. The lowest BCUT2D eigenvalue weighted by atomic mass is 9.78. The van der Waals surface area contributed by atoms with Gasteiger partial charge in [-0.2, -0.15) is 0 Å². The lowest BCUT2D eigenvalue weighted by molar-refractivity contribution is 0.0955. The van der Waals surface area contributed by atoms with Crippen molar-refractivity contribution in [2.75, 3.05) is 13.6 Å². The van der Waals surface area contributed by atoms with Gasteiger partial charge >= 0.3 is 0 Å². The Morgan fingerprint density at radius 2 is 2.10 bits per heavy atom. The molecule has 1 amide bonds. The Kier molecular flexibility index (Phi) is 5.43. The molecule has 1 heterocycles. The summed E-state index contributed by atoms with van der Waals surface area (Å²) in [4.78, 5) is 11.7. The van der Waals surface area contributed by atoms with E-state index >= 15 is 0 Å². The second-order valence-corrected chi connectivity index (χ2v) is 7.06. The summed E-state index contributed by atoms with van der Waals surface area (Å²) < 4.78 is 28.4. The predicted molar refractivity (Wildman–Crippen MR) is 82.0 cm³/mol. The Balaban J connectivity index is 0.00000220. The first kappa shape index (κ1) is 18.0. The summed E-state index contributed by atoms with van der Waals surface area (Å²) in [6, 6.07) is 1.35. The van der Waals surface area contributed by atoms with E-state index in [9.17, 15) is 13.2 Å². The molecule has 0 spiro atoms. The molecule has 0 atom stereocenters. The molecule has 0 aromatic carbocycles. The van der Waals surface area contributed by atoms with Crippen LogP contribution in [0.25, 0.3) is 0 Å². The van der Waals surface area contributed by atoms with E-state index in [4.69, 9.17) is 5.73 Å². The zero-order valence-corrected chi connectivity index (χ0v) is 13.7. The van der Waals surface area contributed by atoms with Gasteiger partial charge in [-0.25, -0.2) is 13.1 Å². The van der Waals surface area contributed by atoms with Crippen LogP contribution in [-0.4, -0.2) is 38.0 Å². The number of aryl methyl sites for hydroxylation is 1. The maximum absolute atomic E-state index is 12.2.